The number of benzene rings is 2. The van der Waals surface area contributed by atoms with Crippen LogP contribution >= 0.6 is 0 Å². The summed E-state index contributed by atoms with van der Waals surface area (Å²) in [6.07, 6.45) is 3.47. The summed E-state index contributed by atoms with van der Waals surface area (Å²) in [6.45, 7) is 4.18. The van der Waals surface area contributed by atoms with Gasteiger partial charge in [0.2, 0.25) is 0 Å². The first-order valence-corrected chi connectivity index (χ1v) is 9.13. The number of aromatic nitrogens is 1. The van der Waals surface area contributed by atoms with Gasteiger partial charge in [0, 0.05) is 47.4 Å². The van der Waals surface area contributed by atoms with E-state index in [0.717, 1.165) is 22.0 Å². The minimum absolute atomic E-state index is 0.0388. The van der Waals surface area contributed by atoms with E-state index in [1.807, 2.05) is 54.9 Å². The fourth-order valence-corrected chi connectivity index (χ4v) is 3.08. The Kier molecular flexibility index (Phi) is 5.74. The number of para-hydroxylation sites is 1. The van der Waals surface area contributed by atoms with E-state index >= 15 is 0 Å². The quantitative estimate of drug-likeness (QED) is 0.298. The Hall–Kier alpha value is -3.92. The fraction of sp³-hybridized carbons (Fsp3) is 0.182. The molecule has 0 aliphatic carbocycles. The summed E-state index contributed by atoms with van der Waals surface area (Å²) in [7, 11) is 0. The van der Waals surface area contributed by atoms with E-state index < -0.39 is 10.8 Å². The molecular formula is C22H20N4O3. The van der Waals surface area contributed by atoms with Gasteiger partial charge in [-0.2, -0.15) is 5.26 Å². The summed E-state index contributed by atoms with van der Waals surface area (Å²) in [4.78, 5) is 22.7. The van der Waals surface area contributed by atoms with Crippen molar-refractivity contribution in [2.24, 2.45) is 0 Å². The van der Waals surface area contributed by atoms with Crippen molar-refractivity contribution in [2.75, 3.05) is 0 Å². The molecule has 0 fully saturated rings. The van der Waals surface area contributed by atoms with Gasteiger partial charge in [-0.1, -0.05) is 30.3 Å². The van der Waals surface area contributed by atoms with Crippen molar-refractivity contribution in [2.45, 2.75) is 26.4 Å². The molecule has 0 aliphatic rings. The third kappa shape index (κ3) is 4.50. The minimum atomic E-state index is -0.427. The van der Waals surface area contributed by atoms with Gasteiger partial charge >= 0.3 is 0 Å². The zero-order chi connectivity index (χ0) is 21.0. The SMILES string of the molecule is CC(C)NC(=O)/C(C#N)=C\c1cn(Cc2ccc([N+](=O)[O-])cc2)c2ccccc12. The van der Waals surface area contributed by atoms with Crippen molar-refractivity contribution in [3.05, 3.63) is 81.5 Å². The number of fused-ring (bicyclic) bond motifs is 1. The molecular weight excluding hydrogens is 368 g/mol. The smallest absolute Gasteiger partial charge is 0.269 e. The van der Waals surface area contributed by atoms with Crippen LogP contribution in [-0.4, -0.2) is 21.4 Å². The van der Waals surface area contributed by atoms with Gasteiger partial charge in [-0.25, -0.2) is 0 Å². The first kappa shape index (κ1) is 19.8. The second kappa shape index (κ2) is 8.40. The number of amides is 1. The standard InChI is InChI=1S/C22H20N4O3/c1-15(2)24-22(27)17(12-23)11-18-14-25(21-6-4-3-5-20(18)21)13-16-7-9-19(10-8-16)26(28)29/h3-11,14-15H,13H2,1-2H3,(H,24,27)/b17-11-. The van der Waals surface area contributed by atoms with Crippen molar-refractivity contribution < 1.29 is 9.72 Å². The fourth-order valence-electron chi connectivity index (χ4n) is 3.08. The molecule has 0 aliphatic heterocycles. The molecule has 0 radical (unpaired) electrons. The Morgan fingerprint density at radius 1 is 1.24 bits per heavy atom. The number of hydrogen-bond donors (Lipinski definition) is 1. The highest BCUT2D eigenvalue weighted by Crippen LogP contribution is 2.25. The van der Waals surface area contributed by atoms with Crippen LogP contribution in [0.25, 0.3) is 17.0 Å². The molecule has 0 bridgehead atoms. The number of hydrogen-bond acceptors (Lipinski definition) is 4. The van der Waals surface area contributed by atoms with E-state index in [9.17, 15) is 20.2 Å². The molecule has 1 N–H and O–H groups in total. The van der Waals surface area contributed by atoms with Crippen molar-refractivity contribution in [3.63, 3.8) is 0 Å². The predicted octanol–water partition coefficient (Wildman–Crippen LogP) is 4.03. The normalized spacial score (nSPS) is 11.4. The van der Waals surface area contributed by atoms with Gasteiger partial charge in [-0.05, 0) is 31.6 Å². The van der Waals surface area contributed by atoms with Crippen molar-refractivity contribution in [1.29, 1.82) is 5.26 Å². The molecule has 0 saturated heterocycles. The molecule has 2 aromatic carbocycles. The number of rotatable bonds is 6. The minimum Gasteiger partial charge on any atom is -0.349 e. The lowest BCUT2D eigenvalue weighted by Gasteiger charge is -2.06. The van der Waals surface area contributed by atoms with Crippen LogP contribution < -0.4 is 5.32 Å². The highest BCUT2D eigenvalue weighted by molar-refractivity contribution is 6.04. The summed E-state index contributed by atoms with van der Waals surface area (Å²) in [5.41, 5.74) is 2.70. The van der Waals surface area contributed by atoms with E-state index in [0.29, 0.717) is 6.54 Å². The summed E-state index contributed by atoms with van der Waals surface area (Å²) >= 11 is 0. The molecule has 1 aromatic heterocycles. The maximum Gasteiger partial charge on any atom is 0.269 e. The van der Waals surface area contributed by atoms with Gasteiger partial charge in [0.1, 0.15) is 11.6 Å². The van der Waals surface area contributed by atoms with Gasteiger partial charge in [-0.15, -0.1) is 0 Å². The number of nitrogens with zero attached hydrogens (tertiary/aromatic N) is 3. The third-order valence-electron chi connectivity index (χ3n) is 4.40. The highest BCUT2D eigenvalue weighted by Gasteiger charge is 2.13. The maximum atomic E-state index is 12.2. The van der Waals surface area contributed by atoms with E-state index in [-0.39, 0.29) is 17.3 Å². The van der Waals surface area contributed by atoms with Crippen molar-refractivity contribution in [1.82, 2.24) is 9.88 Å². The first-order chi connectivity index (χ1) is 13.9. The first-order valence-electron chi connectivity index (χ1n) is 9.13. The van der Waals surface area contributed by atoms with Crippen molar-refractivity contribution in [3.8, 4) is 6.07 Å². The molecule has 0 spiro atoms. The number of non-ortho nitro benzene ring substituents is 1. The summed E-state index contributed by atoms with van der Waals surface area (Å²) < 4.78 is 2.00. The summed E-state index contributed by atoms with van der Waals surface area (Å²) in [5, 5.41) is 23.9. The Labute approximate surface area is 168 Å². The van der Waals surface area contributed by atoms with E-state index in [1.165, 1.54) is 12.1 Å². The topological polar surface area (TPSA) is 101 Å². The van der Waals surface area contributed by atoms with E-state index in [1.54, 1.807) is 18.2 Å². The van der Waals surface area contributed by atoms with Gasteiger partial charge in [0.05, 0.1) is 4.92 Å². The lowest BCUT2D eigenvalue weighted by molar-refractivity contribution is -0.384. The predicted molar refractivity (Wildman–Crippen MR) is 111 cm³/mol. The van der Waals surface area contributed by atoms with Crippen LogP contribution in [0.1, 0.15) is 25.0 Å². The largest absolute Gasteiger partial charge is 0.349 e. The lowest BCUT2D eigenvalue weighted by Crippen LogP contribution is -2.30. The van der Waals surface area contributed by atoms with Crippen LogP contribution in [0.15, 0.2) is 60.3 Å². The molecule has 7 nitrogen and oxygen atoms in total. The van der Waals surface area contributed by atoms with Crippen LogP contribution in [0.5, 0.6) is 0 Å². The molecule has 1 heterocycles. The Balaban J connectivity index is 1.98. The molecule has 0 unspecified atom stereocenters. The highest BCUT2D eigenvalue weighted by atomic mass is 16.6. The summed E-state index contributed by atoms with van der Waals surface area (Å²) in [6, 6.07) is 16.0. The second-order valence-corrected chi connectivity index (χ2v) is 6.95. The molecule has 29 heavy (non-hydrogen) atoms. The van der Waals surface area contributed by atoms with Crippen LogP contribution in [0.3, 0.4) is 0 Å². The molecule has 0 atom stereocenters. The average molecular weight is 388 g/mol. The van der Waals surface area contributed by atoms with E-state index in [4.69, 9.17) is 0 Å². The number of carbonyl (C=O) groups is 1. The zero-order valence-electron chi connectivity index (χ0n) is 16.1. The average Bonchev–Trinajstić information content (AvgIpc) is 3.03. The second-order valence-electron chi connectivity index (χ2n) is 6.95. The molecule has 0 saturated carbocycles. The Morgan fingerprint density at radius 2 is 1.93 bits per heavy atom. The van der Waals surface area contributed by atoms with Crippen LogP contribution in [-0.2, 0) is 11.3 Å². The summed E-state index contributed by atoms with van der Waals surface area (Å²) in [5.74, 6) is -0.408. The molecule has 3 aromatic rings. The van der Waals surface area contributed by atoms with E-state index in [2.05, 4.69) is 5.32 Å². The van der Waals surface area contributed by atoms with Gasteiger partial charge in [0.15, 0.2) is 0 Å². The van der Waals surface area contributed by atoms with Gasteiger partial charge in [-0.3, -0.25) is 14.9 Å². The number of nitriles is 1. The molecule has 146 valence electrons. The number of nitro benzene ring substituents is 1. The maximum absolute atomic E-state index is 12.2. The third-order valence-corrected chi connectivity index (χ3v) is 4.40. The molecule has 1 amide bonds. The lowest BCUT2D eigenvalue weighted by atomic mass is 10.1. The number of nitrogens with one attached hydrogen (secondary N) is 1. The molecule has 7 heteroatoms. The zero-order valence-corrected chi connectivity index (χ0v) is 16.1. The van der Waals surface area contributed by atoms with Gasteiger partial charge < -0.3 is 9.88 Å². The van der Waals surface area contributed by atoms with Crippen LogP contribution in [0, 0.1) is 21.4 Å². The van der Waals surface area contributed by atoms with Gasteiger partial charge in [0.25, 0.3) is 11.6 Å². The number of nitro groups is 1. The monoisotopic (exact) mass is 388 g/mol. The Morgan fingerprint density at radius 3 is 2.55 bits per heavy atom. The number of carbonyl (C=O) groups excluding carboxylic acids is 1. The van der Waals surface area contributed by atoms with Crippen LogP contribution in [0.2, 0.25) is 0 Å². The molecule has 3 rings (SSSR count). The Bertz CT molecular complexity index is 1140. The van der Waals surface area contributed by atoms with Crippen LogP contribution in [0.4, 0.5) is 5.69 Å². The van der Waals surface area contributed by atoms with Crippen molar-refractivity contribution >= 4 is 28.6 Å².